The lowest BCUT2D eigenvalue weighted by Gasteiger charge is -2.42. The minimum absolute atomic E-state index is 0.0286. The van der Waals surface area contributed by atoms with Crippen LogP contribution in [0.3, 0.4) is 0 Å². The van der Waals surface area contributed by atoms with Gasteiger partial charge >= 0.3 is 144 Å². The normalized spacial score (nSPS) is 14.2. The third kappa shape index (κ3) is 17.2. The summed E-state index contributed by atoms with van der Waals surface area (Å²) in [7, 11) is 0. The highest BCUT2D eigenvalue weighted by Gasteiger charge is 2.98. The highest BCUT2D eigenvalue weighted by molar-refractivity contribution is 6.13. The van der Waals surface area contributed by atoms with Crippen LogP contribution in [0, 0.1) is 0 Å². The summed E-state index contributed by atoms with van der Waals surface area (Å²) < 4.78 is 657. The standard InChI is InChI=1S/C66H32F46N4O8/c1-3-123-43(119)35-17-23(5-11-33(35)41(117)113-25-7-13-29(37(19-25)49(71,72)73)31-15-9-27(21-39(31)51(77,78)79)115-45(121)47(67,68)53(83,84)55(87,88)57(91,92)59(95,96)61(99,100)63(103,104)65(107,108)109)24-6-12-34(36(18-24)44(120)124-4-2)42(118)114-26-8-14-30(38(20-26)50(74,75)76)32-16-10-28(22-40(32)52(80,81)82)116-46(122)48(69,70)54(85,86)56(89,90)58(93,94)60(97,98)62(101,102)64(105,106)66(110,111)112/h5-22H,3-4H2,1-2H3,(H,113,117)(H,114,118)(H,115,121)(H,116,122). The third-order valence-electron chi connectivity index (χ3n) is 16.8. The summed E-state index contributed by atoms with van der Waals surface area (Å²) in [5.74, 6) is -139. The van der Waals surface area contributed by atoms with Gasteiger partial charge in [0.25, 0.3) is 11.8 Å². The summed E-state index contributed by atoms with van der Waals surface area (Å²) >= 11 is 0. The Hall–Kier alpha value is -11.1. The summed E-state index contributed by atoms with van der Waals surface area (Å²) in [5.41, 5.74) is -28.4. The lowest BCUT2D eigenvalue weighted by Crippen LogP contribution is -2.75. The maximum Gasteiger partial charge on any atom is 0.460 e. The van der Waals surface area contributed by atoms with Crippen LogP contribution in [0.5, 0.6) is 0 Å². The molecule has 0 fully saturated rings. The molecule has 6 aromatic carbocycles. The van der Waals surface area contributed by atoms with Gasteiger partial charge in [0.15, 0.2) is 0 Å². The lowest BCUT2D eigenvalue weighted by molar-refractivity contribution is -0.459. The van der Waals surface area contributed by atoms with E-state index in [2.05, 4.69) is 0 Å². The van der Waals surface area contributed by atoms with Crippen molar-refractivity contribution in [3.05, 3.63) is 154 Å². The number of hydrogen-bond acceptors (Lipinski definition) is 8. The second-order valence-corrected chi connectivity index (χ2v) is 24.8. The molecule has 0 aliphatic heterocycles. The van der Waals surface area contributed by atoms with Crippen LogP contribution in [0.4, 0.5) is 225 Å². The smallest absolute Gasteiger partial charge is 0.460 e. The van der Waals surface area contributed by atoms with Crippen molar-refractivity contribution >= 4 is 58.3 Å². The van der Waals surface area contributed by atoms with Crippen molar-refractivity contribution in [1.82, 2.24) is 0 Å². The van der Waals surface area contributed by atoms with E-state index in [1.54, 1.807) is 10.6 Å². The number of halogens is 46. The van der Waals surface area contributed by atoms with E-state index in [0.717, 1.165) is 26.0 Å². The molecule has 0 heterocycles. The summed E-state index contributed by atoms with van der Waals surface area (Å²) in [6, 6.07) is 1.49. The van der Waals surface area contributed by atoms with Gasteiger partial charge in [-0.15, -0.1) is 0 Å². The van der Waals surface area contributed by atoms with Crippen molar-refractivity contribution in [2.24, 2.45) is 0 Å². The number of anilines is 4. The molecule has 0 aliphatic rings. The van der Waals surface area contributed by atoms with Gasteiger partial charge < -0.3 is 30.7 Å². The highest BCUT2D eigenvalue weighted by Crippen LogP contribution is 2.67. The number of ether oxygens (including phenoxy) is 2. The number of hydrogen-bond donors (Lipinski definition) is 4. The first-order valence-electron chi connectivity index (χ1n) is 31.5. The van der Waals surface area contributed by atoms with Crippen LogP contribution >= 0.6 is 0 Å². The number of rotatable bonds is 27. The summed E-state index contributed by atoms with van der Waals surface area (Å²) in [6.07, 6.45) is -40.7. The average molecular weight is 1880 g/mol. The van der Waals surface area contributed by atoms with E-state index in [0.29, 0.717) is 36.4 Å². The number of carbonyl (C=O) groups is 6. The molecule has 4 amide bonds. The SMILES string of the molecule is CCOC(=O)c1cc(-c2ccc(C(=O)Nc3ccc(-c4ccc(NC(=O)C(F)(F)C(F)(F)C(F)(F)C(F)(F)C(F)(F)C(F)(F)C(F)(F)C(F)(F)F)cc4C(F)(F)F)c(C(F)(F)F)c3)c(C(=O)OCC)c2)ccc1C(=O)Nc1ccc(-c2ccc(NC(=O)C(F)(F)C(F)(F)C(F)(F)C(F)(F)C(F)(F)C(F)(F)C(F)(F)C(F)(F)F)cc2C(F)(F)F)c(C(F)(F)F)c1. The van der Waals surface area contributed by atoms with Gasteiger partial charge in [0.05, 0.1) is 57.7 Å². The van der Waals surface area contributed by atoms with Crippen molar-refractivity contribution < 1.29 is 240 Å². The molecule has 0 atom stereocenters. The van der Waals surface area contributed by atoms with Crippen molar-refractivity contribution in [3.8, 4) is 33.4 Å². The van der Waals surface area contributed by atoms with Crippen molar-refractivity contribution in [2.75, 3.05) is 34.5 Å². The number of benzene rings is 6. The zero-order chi connectivity index (χ0) is 96.2. The van der Waals surface area contributed by atoms with Crippen LogP contribution < -0.4 is 21.3 Å². The fraction of sp³-hybridized carbons (Fsp3) is 0.364. The topological polar surface area (TPSA) is 169 Å². The molecule has 12 nitrogen and oxygen atoms in total. The maximum absolute atomic E-state index is 14.8. The lowest BCUT2D eigenvalue weighted by atomic mass is 9.88. The van der Waals surface area contributed by atoms with Crippen molar-refractivity contribution in [3.63, 3.8) is 0 Å². The molecule has 0 saturated heterocycles. The number of esters is 2. The Bertz CT molecular complexity index is 4800. The fourth-order valence-corrected chi connectivity index (χ4v) is 10.4. The highest BCUT2D eigenvalue weighted by atomic mass is 19.5. The summed E-state index contributed by atoms with van der Waals surface area (Å²) in [6.45, 7) is 1.01. The fourth-order valence-electron chi connectivity index (χ4n) is 10.4. The van der Waals surface area contributed by atoms with Gasteiger partial charge in [-0.05, 0) is 120 Å². The van der Waals surface area contributed by atoms with Gasteiger partial charge in [0, 0.05) is 22.7 Å². The number of nitrogens with one attached hydrogen (secondary N) is 4. The van der Waals surface area contributed by atoms with Gasteiger partial charge in [-0.2, -0.15) is 202 Å². The van der Waals surface area contributed by atoms with E-state index < -0.39 is 282 Å². The molecule has 0 aromatic heterocycles. The Labute approximate surface area is 653 Å². The molecule has 4 N–H and O–H groups in total. The molecule has 0 saturated carbocycles. The van der Waals surface area contributed by atoms with E-state index in [9.17, 15) is 231 Å². The third-order valence-corrected chi connectivity index (χ3v) is 16.8. The molecule has 58 heteroatoms. The molecular formula is C66H32F46N4O8. The van der Waals surface area contributed by atoms with Gasteiger partial charge in [0.2, 0.25) is 0 Å². The summed E-state index contributed by atoms with van der Waals surface area (Å²) in [4.78, 5) is 79.1. The number of carbonyl (C=O) groups excluding carboxylic acids is 6. The van der Waals surface area contributed by atoms with Crippen LogP contribution in [-0.4, -0.2) is 144 Å². The Morgan fingerprint density at radius 1 is 0.242 bits per heavy atom. The zero-order valence-electron chi connectivity index (χ0n) is 58.5. The largest absolute Gasteiger partial charge is 0.462 e. The molecule has 6 rings (SSSR count). The quantitative estimate of drug-likeness (QED) is 0.0292. The van der Waals surface area contributed by atoms with Crippen molar-refractivity contribution in [1.29, 1.82) is 0 Å². The van der Waals surface area contributed by atoms with Crippen molar-refractivity contribution in [2.45, 2.75) is 134 Å². The van der Waals surface area contributed by atoms with Gasteiger partial charge in [-0.3, -0.25) is 19.2 Å². The minimum Gasteiger partial charge on any atom is -0.462 e. The predicted octanol–water partition coefficient (Wildman–Crippen LogP) is 23.5. The summed E-state index contributed by atoms with van der Waals surface area (Å²) in [5, 5.41) is 3.90. The molecule has 0 spiro atoms. The number of amides is 4. The van der Waals surface area contributed by atoms with Gasteiger partial charge in [-0.25, -0.2) is 9.59 Å². The van der Waals surface area contributed by atoms with E-state index in [4.69, 9.17) is 9.47 Å². The molecule has 6 aromatic rings. The van der Waals surface area contributed by atoms with Crippen LogP contribution in [0.25, 0.3) is 33.4 Å². The predicted molar refractivity (Wildman–Crippen MR) is 322 cm³/mol. The van der Waals surface area contributed by atoms with E-state index in [1.165, 1.54) is 0 Å². The first kappa shape index (κ1) is 102. The first-order valence-corrected chi connectivity index (χ1v) is 31.5. The van der Waals surface area contributed by atoms with Gasteiger partial charge in [0.1, 0.15) is 0 Å². The van der Waals surface area contributed by atoms with E-state index >= 15 is 0 Å². The first-order chi connectivity index (χ1) is 55.3. The van der Waals surface area contributed by atoms with E-state index in [1.807, 2.05) is 0 Å². The van der Waals surface area contributed by atoms with Gasteiger partial charge in [-0.1, -0.05) is 36.4 Å². The Morgan fingerprint density at radius 3 is 0.645 bits per heavy atom. The molecule has 0 aliphatic carbocycles. The second-order valence-electron chi connectivity index (χ2n) is 24.8. The molecule has 0 bridgehead atoms. The molecule has 686 valence electrons. The minimum atomic E-state index is -9.22. The van der Waals surface area contributed by atoms with Crippen LogP contribution in [0.1, 0.15) is 77.5 Å². The zero-order valence-corrected chi connectivity index (χ0v) is 58.5. The molecule has 0 radical (unpaired) electrons. The maximum atomic E-state index is 14.8. The molecule has 124 heavy (non-hydrogen) atoms. The molecule has 0 unspecified atom stereocenters. The van der Waals surface area contributed by atoms with Crippen LogP contribution in [0.15, 0.2) is 109 Å². The number of alkyl halides is 46. The molecular weight excluding hydrogens is 1850 g/mol. The second kappa shape index (κ2) is 32.2. The van der Waals surface area contributed by atoms with Crippen LogP contribution in [-0.2, 0) is 43.8 Å². The van der Waals surface area contributed by atoms with E-state index in [-0.39, 0.29) is 59.2 Å². The monoisotopic (exact) mass is 1880 g/mol. The Morgan fingerprint density at radius 2 is 0.444 bits per heavy atom. The average Bonchev–Trinajstić information content (AvgIpc) is 0.695. The Balaban J connectivity index is 1.32. The Kier molecular flexibility index (Phi) is 26.4. The van der Waals surface area contributed by atoms with Crippen LogP contribution in [0.2, 0.25) is 0 Å².